The van der Waals surface area contributed by atoms with E-state index in [1.54, 1.807) is 4.90 Å². The van der Waals surface area contributed by atoms with Gasteiger partial charge in [0.2, 0.25) is 25.1 Å². The summed E-state index contributed by atoms with van der Waals surface area (Å²) in [4.78, 5) is 76.0. The molecule has 0 fully saturated rings. The minimum absolute atomic E-state index is 0.133. The summed E-state index contributed by atoms with van der Waals surface area (Å²) in [7, 11) is 2.00. The number of ether oxygens (including phenoxy) is 4. The van der Waals surface area contributed by atoms with Gasteiger partial charge >= 0.3 is 5.97 Å². The number of thioether (sulfide) groups is 2. The van der Waals surface area contributed by atoms with Crippen LogP contribution in [0.5, 0.6) is 0 Å². The molecule has 0 radical (unpaired) electrons. The molecule has 3 rings (SSSR count). The van der Waals surface area contributed by atoms with E-state index in [1.165, 1.54) is 29.6 Å². The van der Waals surface area contributed by atoms with Crippen LogP contribution in [0.4, 0.5) is 8.78 Å². The first-order valence-electron chi connectivity index (χ1n) is 28.0. The highest BCUT2D eigenvalue weighted by Crippen LogP contribution is 2.40. The molecule has 0 aliphatic carbocycles. The van der Waals surface area contributed by atoms with Gasteiger partial charge in [0.25, 0.3) is 0 Å². The summed E-state index contributed by atoms with van der Waals surface area (Å²) in [5.41, 5.74) is 13.5. The second-order valence-corrected chi connectivity index (χ2v) is 20.1. The average molecular weight is 1240 g/mol. The highest BCUT2D eigenvalue weighted by atomic mass is 32.2. The number of carboxylic acids is 1. The van der Waals surface area contributed by atoms with Crippen molar-refractivity contribution in [2.45, 2.75) is 118 Å². The molecule has 0 aliphatic rings. The maximum absolute atomic E-state index is 14.6. The van der Waals surface area contributed by atoms with E-state index >= 15 is 0 Å². The molecule has 0 spiro atoms. The zero-order chi connectivity index (χ0) is 65.0. The van der Waals surface area contributed by atoms with Gasteiger partial charge in [0, 0.05) is 87.9 Å². The van der Waals surface area contributed by atoms with E-state index in [9.17, 15) is 42.3 Å². The Hall–Kier alpha value is -5.35. The molecule has 0 bridgehead atoms. The van der Waals surface area contributed by atoms with Gasteiger partial charge in [-0.2, -0.15) is 11.8 Å². The highest BCUT2D eigenvalue weighted by Gasteiger charge is 2.34. The molecule has 25 heteroatoms. The third kappa shape index (κ3) is 46.0. The van der Waals surface area contributed by atoms with Gasteiger partial charge in [0.1, 0.15) is 30.2 Å². The van der Waals surface area contributed by atoms with Crippen molar-refractivity contribution in [2.24, 2.45) is 16.9 Å². The third-order valence-electron chi connectivity index (χ3n) is 10.1. The Bertz CT molecular complexity index is 2050. The van der Waals surface area contributed by atoms with Crippen molar-refractivity contribution in [1.29, 1.82) is 0 Å². The number of amides is 4. The standard InChI is InChI=1S/C26H31F2N3O.C12H25NO5.C9H16N2O3S.C6H11NO3S.2C2H6.2CH4O/c1-26(2,3)25(30(18-32)13-7-12-29)24-14-20(22-15-21(27)10-11-23(22)28)17-31(24)16-19-8-5-4-6-9-19;1-2-4-15-6-8-17-10-11-18-9-7-16-5-3-13-12-14;1-2-11-9(14)3-8(5-13)15-6-7(10)4-12;1-2-11-3-5(6(9)10)7-4-8;4*1-2/h4-6,8-11,14-15,17-18,25H,7,12-13,16,29H2,1-3H3;12H,2-11H2,1H3,(H,13,14);4-5,7-8H,2-3,6,10H2,1H3,(H,11,14);4-5H,2-3H2,1H3,(H,7,8)(H,9,10);2*1-2H3;2*2H,1H3. The number of carbonyl (C=O) groups is 7. The molecule has 4 unspecified atom stereocenters. The lowest BCUT2D eigenvalue weighted by molar-refractivity contribution is -0.139. The number of carbonyl (C=O) groups excluding carboxylic acids is 6. The predicted octanol–water partition coefficient (Wildman–Crippen LogP) is 6.13. The van der Waals surface area contributed by atoms with Crippen LogP contribution < -0.4 is 27.4 Å². The summed E-state index contributed by atoms with van der Waals surface area (Å²) in [6, 6.07) is 13.6. The first kappa shape index (κ1) is 87.4. The van der Waals surface area contributed by atoms with Crippen molar-refractivity contribution in [3.63, 3.8) is 0 Å². The van der Waals surface area contributed by atoms with E-state index in [-0.39, 0.29) is 29.3 Å². The molecule has 1 aromatic heterocycles. The lowest BCUT2D eigenvalue weighted by Gasteiger charge is -2.39. The second-order valence-electron chi connectivity index (χ2n) is 17.5. The molecular weight excluding hydrogens is 1130 g/mol. The summed E-state index contributed by atoms with van der Waals surface area (Å²) in [5.74, 6) is -0.512. The van der Waals surface area contributed by atoms with Crippen molar-refractivity contribution in [2.75, 3.05) is 111 Å². The van der Waals surface area contributed by atoms with E-state index in [0.717, 1.165) is 62.8 Å². The lowest BCUT2D eigenvalue weighted by Crippen LogP contribution is -2.38. The Morgan fingerprint density at radius 2 is 1.36 bits per heavy atom. The average Bonchev–Trinajstić information content (AvgIpc) is 2.53. The van der Waals surface area contributed by atoms with Gasteiger partial charge in [-0.1, -0.05) is 92.6 Å². The molecule has 10 N–H and O–H groups in total. The largest absolute Gasteiger partial charge is 0.480 e. The fraction of sp³-hybridized carbons (Fsp3) is 0.610. The number of halogens is 2. The van der Waals surface area contributed by atoms with Gasteiger partial charge < -0.3 is 80.7 Å². The number of aromatic nitrogens is 1. The normalized spacial score (nSPS) is 11.4. The molecule has 0 saturated carbocycles. The van der Waals surface area contributed by atoms with Crippen LogP contribution in [0.15, 0.2) is 60.8 Å². The van der Waals surface area contributed by atoms with Gasteiger partial charge in [0.05, 0.1) is 63.6 Å². The van der Waals surface area contributed by atoms with Crippen LogP contribution in [0.3, 0.4) is 0 Å². The number of aliphatic hydroxyl groups excluding tert-OH is 2. The monoisotopic (exact) mass is 1240 g/mol. The summed E-state index contributed by atoms with van der Waals surface area (Å²) in [5, 5.41) is 29.4. The van der Waals surface area contributed by atoms with Crippen LogP contribution in [-0.4, -0.2) is 196 Å². The van der Waals surface area contributed by atoms with Crippen molar-refractivity contribution < 1.29 is 76.6 Å². The predicted molar refractivity (Wildman–Crippen MR) is 334 cm³/mol. The van der Waals surface area contributed by atoms with Crippen molar-refractivity contribution in [1.82, 2.24) is 25.4 Å². The smallest absolute Gasteiger partial charge is 0.327 e. The van der Waals surface area contributed by atoms with Gasteiger partial charge in [-0.05, 0) is 67.3 Å². The van der Waals surface area contributed by atoms with Crippen LogP contribution >= 0.6 is 23.5 Å². The second kappa shape index (κ2) is 62.2. The van der Waals surface area contributed by atoms with Gasteiger partial charge in [-0.25, -0.2) is 13.6 Å². The van der Waals surface area contributed by atoms with E-state index < -0.39 is 34.9 Å². The number of aldehydes is 2. The summed E-state index contributed by atoms with van der Waals surface area (Å²) < 4.78 is 51.6. The summed E-state index contributed by atoms with van der Waals surface area (Å²) in [6.07, 6.45) is 6.93. The Balaban J connectivity index is -0.000000342. The Kier molecular flexibility index (Phi) is 64.7. The number of nitrogens with zero attached hydrogens (tertiary/aromatic N) is 2. The number of rotatable bonds is 38. The summed E-state index contributed by atoms with van der Waals surface area (Å²) >= 11 is 2.71. The number of aliphatic hydroxyl groups is 2. The molecule has 1 heterocycles. The molecule has 2 aromatic carbocycles. The molecule has 4 amide bonds. The van der Waals surface area contributed by atoms with E-state index in [1.807, 2.05) is 88.7 Å². The fourth-order valence-electron chi connectivity index (χ4n) is 6.65. The molecule has 0 saturated heterocycles. The zero-order valence-electron chi connectivity index (χ0n) is 51.9. The molecule has 84 heavy (non-hydrogen) atoms. The zero-order valence-corrected chi connectivity index (χ0v) is 53.5. The van der Waals surface area contributed by atoms with Crippen LogP contribution in [-0.2, 0) is 59.1 Å². The third-order valence-corrected chi connectivity index (χ3v) is 12.4. The van der Waals surface area contributed by atoms with Crippen molar-refractivity contribution >= 4 is 67.2 Å². The molecular formula is C59H103F2N7O14S2. The summed E-state index contributed by atoms with van der Waals surface area (Å²) in [6.45, 7) is 27.4. The maximum Gasteiger partial charge on any atom is 0.327 e. The van der Waals surface area contributed by atoms with Gasteiger partial charge in [-0.15, -0.1) is 11.8 Å². The molecule has 3 aromatic rings. The molecule has 0 aliphatic heterocycles. The lowest BCUT2D eigenvalue weighted by atomic mass is 9.83. The quantitative estimate of drug-likeness (QED) is 0.0236. The fourth-order valence-corrected chi connectivity index (χ4v) is 8.25. The molecule has 4 atom stereocenters. The van der Waals surface area contributed by atoms with Crippen LogP contribution in [0.2, 0.25) is 0 Å². The number of nitrogens with one attached hydrogen (secondary N) is 3. The number of nitrogens with two attached hydrogens (primary N) is 2. The Morgan fingerprint density at radius 3 is 1.82 bits per heavy atom. The topological polar surface area (TPSA) is 313 Å². The van der Waals surface area contributed by atoms with E-state index in [0.29, 0.717) is 128 Å². The van der Waals surface area contributed by atoms with Gasteiger partial charge in [0.15, 0.2) is 0 Å². The Labute approximate surface area is 507 Å². The van der Waals surface area contributed by atoms with Crippen LogP contribution in [0.1, 0.15) is 106 Å². The highest BCUT2D eigenvalue weighted by molar-refractivity contribution is 8.00. The SMILES string of the molecule is CC.CC.CC(C)(C)C(c1cc(-c2cc(F)ccc2F)cn1Cc1ccccc1)N(C=O)CCCN.CCCOCCOCCOCCOCCNC=O.CCNC(=O)CC(C=O)SCC(N)C=O.CCSCC(NC=O)C(=O)O.CO.CO. The van der Waals surface area contributed by atoms with E-state index in [2.05, 4.69) is 43.6 Å². The van der Waals surface area contributed by atoms with Crippen LogP contribution in [0, 0.1) is 17.0 Å². The minimum atomic E-state index is -0.988. The van der Waals surface area contributed by atoms with Gasteiger partial charge in [-0.3, -0.25) is 19.2 Å². The number of hydrogen-bond donors (Lipinski definition) is 8. The molecule has 484 valence electrons. The molecule has 21 nitrogen and oxygen atoms in total. The van der Waals surface area contributed by atoms with E-state index in [4.69, 9.17) is 45.7 Å². The number of benzene rings is 2. The minimum Gasteiger partial charge on any atom is -0.480 e. The first-order chi connectivity index (χ1) is 40.5. The van der Waals surface area contributed by atoms with Crippen LogP contribution in [0.25, 0.3) is 11.1 Å². The number of aliphatic carboxylic acids is 1. The first-order valence-corrected chi connectivity index (χ1v) is 30.2. The van der Waals surface area contributed by atoms with Crippen molar-refractivity contribution in [3.8, 4) is 11.1 Å². The van der Waals surface area contributed by atoms with Crippen molar-refractivity contribution in [3.05, 3.63) is 83.7 Å². The number of hydrogen-bond acceptors (Lipinski definition) is 17. The maximum atomic E-state index is 14.6. The number of carboxylic acid groups (broad SMARTS) is 1. The Morgan fingerprint density at radius 1 is 0.786 bits per heavy atom.